The summed E-state index contributed by atoms with van der Waals surface area (Å²) in [4.78, 5) is 9.90. The average Bonchev–Trinajstić information content (AvgIpc) is 2.99. The zero-order valence-corrected chi connectivity index (χ0v) is 7.38. The van der Waals surface area contributed by atoms with Crippen LogP contribution in [0, 0.1) is 10.1 Å². The third kappa shape index (κ3) is 2.20. The summed E-state index contributed by atoms with van der Waals surface area (Å²) in [5, 5.41) is 10.3. The molecule has 5 heteroatoms. The van der Waals surface area contributed by atoms with E-state index in [2.05, 4.69) is 0 Å². The summed E-state index contributed by atoms with van der Waals surface area (Å²) in [5.74, 6) is 0.631. The van der Waals surface area contributed by atoms with Gasteiger partial charge in [-0.1, -0.05) is 0 Å². The number of hydrogen-bond acceptors (Lipinski definition) is 4. The van der Waals surface area contributed by atoms with Crippen molar-refractivity contribution in [3.63, 3.8) is 0 Å². The second-order valence-electron chi connectivity index (χ2n) is 3.02. The van der Waals surface area contributed by atoms with Crippen LogP contribution in [0.1, 0.15) is 0 Å². The molecule has 0 spiro atoms. The normalized spacial score (nSPS) is 19.0. The first kappa shape index (κ1) is 8.96. The molecule has 1 heterocycles. The highest BCUT2D eigenvalue weighted by atomic mass is 16.6. The Morgan fingerprint density at radius 1 is 1.50 bits per heavy atom. The smallest absolute Gasteiger partial charge is 0.269 e. The van der Waals surface area contributed by atoms with Crippen molar-refractivity contribution in [2.24, 2.45) is 0 Å². The van der Waals surface area contributed by atoms with Gasteiger partial charge in [-0.05, 0) is 12.1 Å². The highest BCUT2D eigenvalue weighted by Crippen LogP contribution is 2.18. The third-order valence-corrected chi connectivity index (χ3v) is 1.89. The molecule has 0 aromatic heterocycles. The Morgan fingerprint density at radius 3 is 2.64 bits per heavy atom. The summed E-state index contributed by atoms with van der Waals surface area (Å²) in [7, 11) is 0. The number of nitro groups is 1. The van der Waals surface area contributed by atoms with E-state index in [0.29, 0.717) is 12.4 Å². The van der Waals surface area contributed by atoms with Gasteiger partial charge in [0.05, 0.1) is 11.5 Å². The highest BCUT2D eigenvalue weighted by Gasteiger charge is 2.23. The molecule has 0 saturated carbocycles. The van der Waals surface area contributed by atoms with Gasteiger partial charge >= 0.3 is 0 Å². The van der Waals surface area contributed by atoms with E-state index in [9.17, 15) is 10.1 Å². The Hall–Kier alpha value is -1.62. The van der Waals surface area contributed by atoms with E-state index in [1.165, 1.54) is 12.1 Å². The highest BCUT2D eigenvalue weighted by molar-refractivity contribution is 5.35. The van der Waals surface area contributed by atoms with Gasteiger partial charge in [0.15, 0.2) is 0 Å². The van der Waals surface area contributed by atoms with Crippen molar-refractivity contribution in [1.82, 2.24) is 0 Å². The van der Waals surface area contributed by atoms with Gasteiger partial charge in [-0.2, -0.15) is 0 Å². The van der Waals surface area contributed by atoms with E-state index in [-0.39, 0.29) is 11.8 Å². The lowest BCUT2D eigenvalue weighted by Crippen LogP contribution is -2.03. The molecule has 0 radical (unpaired) electrons. The average molecular weight is 195 g/mol. The molecule has 74 valence electrons. The van der Waals surface area contributed by atoms with E-state index >= 15 is 0 Å². The first-order valence-corrected chi connectivity index (χ1v) is 4.24. The van der Waals surface area contributed by atoms with E-state index < -0.39 is 4.92 Å². The molecule has 1 aromatic carbocycles. The number of benzene rings is 1. The Balaban J connectivity index is 1.94. The lowest BCUT2D eigenvalue weighted by atomic mass is 10.3. The van der Waals surface area contributed by atoms with Crippen LogP contribution in [0.15, 0.2) is 24.3 Å². The monoisotopic (exact) mass is 195 g/mol. The second kappa shape index (κ2) is 3.63. The summed E-state index contributed by atoms with van der Waals surface area (Å²) >= 11 is 0. The third-order valence-electron chi connectivity index (χ3n) is 1.89. The number of nitro benzene ring substituents is 1. The standard InChI is InChI=1S/C9H9NO4/c11-10(12)7-1-3-8(4-2-7)13-5-9-6-14-9/h1-4,9H,5-6H2/t9-/m0/s1. The zero-order valence-electron chi connectivity index (χ0n) is 7.38. The van der Waals surface area contributed by atoms with E-state index in [1.807, 2.05) is 0 Å². The molecule has 5 nitrogen and oxygen atoms in total. The number of nitrogens with zero attached hydrogens (tertiary/aromatic N) is 1. The van der Waals surface area contributed by atoms with Crippen LogP contribution in [0.25, 0.3) is 0 Å². The molecule has 0 N–H and O–H groups in total. The minimum Gasteiger partial charge on any atom is -0.491 e. The quantitative estimate of drug-likeness (QED) is 0.413. The predicted octanol–water partition coefficient (Wildman–Crippen LogP) is 1.37. The molecule has 1 aliphatic heterocycles. The van der Waals surface area contributed by atoms with Crippen LogP contribution in [-0.2, 0) is 4.74 Å². The fourth-order valence-electron chi connectivity index (χ4n) is 1.02. The number of rotatable bonds is 4. The van der Waals surface area contributed by atoms with Gasteiger partial charge in [-0.25, -0.2) is 0 Å². The molecule has 1 atom stereocenters. The van der Waals surface area contributed by atoms with Crippen molar-refractivity contribution in [2.45, 2.75) is 6.10 Å². The molecule has 1 aromatic rings. The molecule has 1 fully saturated rings. The first-order chi connectivity index (χ1) is 6.75. The van der Waals surface area contributed by atoms with Gasteiger partial charge in [-0.3, -0.25) is 10.1 Å². The topological polar surface area (TPSA) is 64.9 Å². The zero-order chi connectivity index (χ0) is 9.97. The van der Waals surface area contributed by atoms with Crippen LogP contribution in [0.2, 0.25) is 0 Å². The molecule has 0 bridgehead atoms. The Morgan fingerprint density at radius 2 is 2.14 bits per heavy atom. The molecule has 0 amide bonds. The lowest BCUT2D eigenvalue weighted by molar-refractivity contribution is -0.384. The fourth-order valence-corrected chi connectivity index (χ4v) is 1.02. The van der Waals surface area contributed by atoms with Crippen LogP contribution < -0.4 is 4.74 Å². The van der Waals surface area contributed by atoms with Crippen molar-refractivity contribution in [1.29, 1.82) is 0 Å². The number of non-ortho nitro benzene ring substituents is 1. The molecule has 1 aliphatic rings. The maximum Gasteiger partial charge on any atom is 0.269 e. The SMILES string of the molecule is O=[N+]([O-])c1ccc(OC[C@H]2CO2)cc1. The predicted molar refractivity (Wildman–Crippen MR) is 48.3 cm³/mol. The molecule has 0 unspecified atom stereocenters. The van der Waals surface area contributed by atoms with Crippen molar-refractivity contribution in [2.75, 3.05) is 13.2 Å². The summed E-state index contributed by atoms with van der Waals surface area (Å²) < 4.78 is 10.3. The second-order valence-corrected chi connectivity index (χ2v) is 3.02. The van der Waals surface area contributed by atoms with Gasteiger partial charge in [-0.15, -0.1) is 0 Å². The van der Waals surface area contributed by atoms with E-state index in [4.69, 9.17) is 9.47 Å². The van der Waals surface area contributed by atoms with Gasteiger partial charge in [0, 0.05) is 12.1 Å². The first-order valence-electron chi connectivity index (χ1n) is 4.24. The van der Waals surface area contributed by atoms with Crippen molar-refractivity contribution >= 4 is 5.69 Å². The van der Waals surface area contributed by atoms with Gasteiger partial charge < -0.3 is 9.47 Å². The summed E-state index contributed by atoms with van der Waals surface area (Å²) in [5.41, 5.74) is 0.0695. The van der Waals surface area contributed by atoms with Crippen molar-refractivity contribution in [3.05, 3.63) is 34.4 Å². The van der Waals surface area contributed by atoms with Crippen LogP contribution in [0.5, 0.6) is 5.75 Å². The molecular weight excluding hydrogens is 186 g/mol. The van der Waals surface area contributed by atoms with Crippen LogP contribution in [0.4, 0.5) is 5.69 Å². The maximum atomic E-state index is 10.3. The number of hydrogen-bond donors (Lipinski definition) is 0. The summed E-state index contributed by atoms with van der Waals surface area (Å²) in [6, 6.07) is 6.01. The molecular formula is C9H9NO4. The number of epoxide rings is 1. The van der Waals surface area contributed by atoms with Gasteiger partial charge in [0.25, 0.3) is 5.69 Å². The van der Waals surface area contributed by atoms with Crippen LogP contribution in [0.3, 0.4) is 0 Å². The van der Waals surface area contributed by atoms with Crippen LogP contribution >= 0.6 is 0 Å². The largest absolute Gasteiger partial charge is 0.491 e. The summed E-state index contributed by atoms with van der Waals surface area (Å²) in [6.07, 6.45) is 0.199. The Bertz CT molecular complexity index is 331. The Labute approximate surface area is 80.4 Å². The fraction of sp³-hybridized carbons (Fsp3) is 0.333. The van der Waals surface area contributed by atoms with Gasteiger partial charge in [0.2, 0.25) is 0 Å². The van der Waals surface area contributed by atoms with E-state index in [1.54, 1.807) is 12.1 Å². The minimum atomic E-state index is -0.437. The molecule has 2 rings (SSSR count). The molecule has 14 heavy (non-hydrogen) atoms. The van der Waals surface area contributed by atoms with E-state index in [0.717, 1.165) is 6.61 Å². The number of ether oxygens (including phenoxy) is 2. The van der Waals surface area contributed by atoms with Crippen molar-refractivity contribution < 1.29 is 14.4 Å². The van der Waals surface area contributed by atoms with Crippen molar-refractivity contribution in [3.8, 4) is 5.75 Å². The Kier molecular flexibility index (Phi) is 2.32. The summed E-state index contributed by atoms with van der Waals surface area (Å²) in [6.45, 7) is 1.25. The molecule has 1 saturated heterocycles. The lowest BCUT2D eigenvalue weighted by Gasteiger charge is -2.02. The maximum absolute atomic E-state index is 10.3. The van der Waals surface area contributed by atoms with Gasteiger partial charge in [0.1, 0.15) is 18.5 Å². The van der Waals surface area contributed by atoms with Crippen LogP contribution in [-0.4, -0.2) is 24.2 Å². The minimum absolute atomic E-state index is 0.0695. The molecule has 0 aliphatic carbocycles.